The highest BCUT2D eigenvalue weighted by Crippen LogP contribution is 2.21. The Bertz CT molecular complexity index is 480. The van der Waals surface area contributed by atoms with E-state index in [2.05, 4.69) is 9.62 Å². The van der Waals surface area contributed by atoms with Crippen LogP contribution in [0.3, 0.4) is 0 Å². The second-order valence-electron chi connectivity index (χ2n) is 4.05. The predicted octanol–water partition coefficient (Wildman–Crippen LogP) is 0.657. The molecule has 1 aliphatic rings. The molecule has 1 saturated heterocycles. The van der Waals surface area contributed by atoms with Gasteiger partial charge in [-0.3, -0.25) is 0 Å². The van der Waals surface area contributed by atoms with Crippen LogP contribution in [-0.4, -0.2) is 51.0 Å². The highest BCUT2D eigenvalue weighted by atomic mass is 32.2. The number of anilines is 1. The number of nitrogen functional groups attached to an aromatic ring is 1. The van der Waals surface area contributed by atoms with Crippen molar-refractivity contribution in [2.24, 2.45) is 0 Å². The third-order valence-corrected chi connectivity index (χ3v) is 6.55. The molecule has 0 aromatic carbocycles. The average Bonchev–Trinajstić information content (AvgIpc) is 2.78. The van der Waals surface area contributed by atoms with Crippen LogP contribution in [0.2, 0.25) is 0 Å². The topological polar surface area (TPSA) is 75.4 Å². The number of thioether (sulfide) groups is 1. The molecule has 2 heterocycles. The molecule has 18 heavy (non-hydrogen) atoms. The van der Waals surface area contributed by atoms with Crippen LogP contribution >= 0.6 is 23.1 Å². The van der Waals surface area contributed by atoms with Crippen LogP contribution in [-0.2, 0) is 10.0 Å². The second kappa shape index (κ2) is 6.25. The Labute approximate surface area is 116 Å². The number of thiophene rings is 1. The number of nitrogens with one attached hydrogen (secondary N) is 1. The lowest BCUT2D eigenvalue weighted by molar-refractivity contribution is 0.307. The summed E-state index contributed by atoms with van der Waals surface area (Å²) in [5.74, 6) is 2.27. The molecule has 1 aromatic heterocycles. The molecule has 1 aromatic rings. The van der Waals surface area contributed by atoms with Gasteiger partial charge in [0.25, 0.3) is 0 Å². The van der Waals surface area contributed by atoms with Crippen LogP contribution in [0.5, 0.6) is 0 Å². The van der Waals surface area contributed by atoms with Crippen molar-refractivity contribution in [1.29, 1.82) is 0 Å². The third-order valence-electron chi connectivity index (χ3n) is 2.68. The zero-order chi connectivity index (χ0) is 13.0. The van der Waals surface area contributed by atoms with Gasteiger partial charge in [-0.05, 0) is 6.07 Å². The molecule has 0 atom stereocenters. The summed E-state index contributed by atoms with van der Waals surface area (Å²) >= 11 is 3.09. The Hall–Kier alpha value is -0.280. The maximum Gasteiger partial charge on any atom is 0.250 e. The van der Waals surface area contributed by atoms with Gasteiger partial charge in [-0.25, -0.2) is 13.1 Å². The van der Waals surface area contributed by atoms with Crippen molar-refractivity contribution < 1.29 is 8.42 Å². The summed E-state index contributed by atoms with van der Waals surface area (Å²) in [7, 11) is -3.38. The van der Waals surface area contributed by atoms with Crippen LogP contribution in [0.25, 0.3) is 0 Å². The number of hydrogen-bond donors (Lipinski definition) is 2. The van der Waals surface area contributed by atoms with Crippen molar-refractivity contribution in [1.82, 2.24) is 9.62 Å². The van der Waals surface area contributed by atoms with Crippen LogP contribution in [0, 0.1) is 0 Å². The van der Waals surface area contributed by atoms with Crippen LogP contribution in [0.15, 0.2) is 15.7 Å². The Morgan fingerprint density at radius 3 is 2.72 bits per heavy atom. The largest absolute Gasteiger partial charge is 0.398 e. The molecule has 8 heteroatoms. The fourth-order valence-corrected chi connectivity index (χ4v) is 4.83. The van der Waals surface area contributed by atoms with Gasteiger partial charge in [-0.2, -0.15) is 11.8 Å². The first kappa shape index (κ1) is 14.1. The number of sulfonamides is 1. The molecule has 2 rings (SSSR count). The van der Waals surface area contributed by atoms with Gasteiger partial charge in [0.05, 0.1) is 0 Å². The summed E-state index contributed by atoms with van der Waals surface area (Å²) in [4.78, 5) is 2.28. The van der Waals surface area contributed by atoms with Gasteiger partial charge in [-0.15, -0.1) is 11.3 Å². The van der Waals surface area contributed by atoms with E-state index in [1.165, 1.54) is 6.07 Å². The van der Waals surface area contributed by atoms with Gasteiger partial charge in [0.1, 0.15) is 4.21 Å². The minimum absolute atomic E-state index is 0.286. The lowest BCUT2D eigenvalue weighted by Crippen LogP contribution is -2.39. The summed E-state index contributed by atoms with van der Waals surface area (Å²) in [5.41, 5.74) is 6.02. The fraction of sp³-hybridized carbons (Fsp3) is 0.600. The van der Waals surface area contributed by atoms with Crippen molar-refractivity contribution >= 4 is 38.8 Å². The summed E-state index contributed by atoms with van der Waals surface area (Å²) in [6.07, 6.45) is 0. The molecule has 0 radical (unpaired) electrons. The molecule has 102 valence electrons. The van der Waals surface area contributed by atoms with E-state index in [1.807, 2.05) is 11.8 Å². The molecule has 1 fully saturated rings. The lowest BCUT2D eigenvalue weighted by atomic mass is 10.5. The quantitative estimate of drug-likeness (QED) is 0.836. The summed E-state index contributed by atoms with van der Waals surface area (Å²) in [6.45, 7) is 3.29. The zero-order valence-electron chi connectivity index (χ0n) is 9.96. The predicted molar refractivity (Wildman–Crippen MR) is 77.7 cm³/mol. The van der Waals surface area contributed by atoms with E-state index in [0.29, 0.717) is 12.2 Å². The van der Waals surface area contributed by atoms with Gasteiger partial charge < -0.3 is 10.6 Å². The maximum absolute atomic E-state index is 11.9. The SMILES string of the molecule is Nc1csc(S(=O)(=O)NCCN2CCSCC2)c1. The Morgan fingerprint density at radius 2 is 2.11 bits per heavy atom. The van der Waals surface area contributed by atoms with Gasteiger partial charge in [0.15, 0.2) is 0 Å². The summed E-state index contributed by atoms with van der Waals surface area (Å²) in [5, 5.41) is 1.64. The van der Waals surface area contributed by atoms with E-state index in [4.69, 9.17) is 5.73 Å². The normalized spacial score (nSPS) is 18.0. The van der Waals surface area contributed by atoms with E-state index in [0.717, 1.165) is 42.5 Å². The number of hydrogen-bond acceptors (Lipinski definition) is 6. The standard InChI is InChI=1S/C10H17N3O2S3/c11-9-7-10(17-8-9)18(14,15)12-1-2-13-3-5-16-6-4-13/h7-8,12H,1-6,11H2. The maximum atomic E-state index is 11.9. The molecule has 0 aliphatic carbocycles. The smallest absolute Gasteiger partial charge is 0.250 e. The first-order valence-electron chi connectivity index (χ1n) is 5.72. The Balaban J connectivity index is 1.82. The van der Waals surface area contributed by atoms with E-state index >= 15 is 0 Å². The Morgan fingerprint density at radius 1 is 1.39 bits per heavy atom. The van der Waals surface area contributed by atoms with E-state index < -0.39 is 10.0 Å². The van der Waals surface area contributed by atoms with Crippen molar-refractivity contribution in [2.45, 2.75) is 4.21 Å². The van der Waals surface area contributed by atoms with Crippen molar-refractivity contribution in [2.75, 3.05) is 43.4 Å². The number of rotatable bonds is 5. The van der Waals surface area contributed by atoms with Gasteiger partial charge in [0, 0.05) is 48.8 Å². The molecule has 0 amide bonds. The van der Waals surface area contributed by atoms with Gasteiger partial charge in [0.2, 0.25) is 10.0 Å². The first-order chi connectivity index (χ1) is 8.58. The average molecular weight is 307 g/mol. The molecule has 0 spiro atoms. The molecule has 0 bridgehead atoms. The van der Waals surface area contributed by atoms with Gasteiger partial charge >= 0.3 is 0 Å². The molecular weight excluding hydrogens is 290 g/mol. The molecule has 0 unspecified atom stereocenters. The summed E-state index contributed by atoms with van der Waals surface area (Å²) < 4.78 is 26.7. The molecule has 5 nitrogen and oxygen atoms in total. The lowest BCUT2D eigenvalue weighted by Gasteiger charge is -2.25. The van der Waals surface area contributed by atoms with E-state index in [-0.39, 0.29) is 4.21 Å². The highest BCUT2D eigenvalue weighted by molar-refractivity contribution is 7.99. The highest BCUT2D eigenvalue weighted by Gasteiger charge is 2.17. The first-order valence-corrected chi connectivity index (χ1v) is 9.23. The molecular formula is C10H17N3O2S3. The molecule has 1 aliphatic heterocycles. The van der Waals surface area contributed by atoms with Gasteiger partial charge in [-0.1, -0.05) is 0 Å². The zero-order valence-corrected chi connectivity index (χ0v) is 12.4. The van der Waals surface area contributed by atoms with Crippen molar-refractivity contribution in [3.8, 4) is 0 Å². The van der Waals surface area contributed by atoms with Crippen molar-refractivity contribution in [3.63, 3.8) is 0 Å². The minimum atomic E-state index is -3.38. The van der Waals surface area contributed by atoms with Crippen LogP contribution in [0.1, 0.15) is 0 Å². The van der Waals surface area contributed by atoms with E-state index in [1.54, 1.807) is 5.38 Å². The van der Waals surface area contributed by atoms with E-state index in [9.17, 15) is 8.42 Å². The number of nitrogens with two attached hydrogens (primary N) is 1. The molecule has 3 N–H and O–H groups in total. The molecule has 0 saturated carbocycles. The fourth-order valence-electron chi connectivity index (χ4n) is 1.71. The van der Waals surface area contributed by atoms with Crippen molar-refractivity contribution in [3.05, 3.63) is 11.4 Å². The minimum Gasteiger partial charge on any atom is -0.398 e. The van der Waals surface area contributed by atoms with Crippen LogP contribution in [0.4, 0.5) is 5.69 Å². The Kier molecular flexibility index (Phi) is 4.91. The second-order valence-corrected chi connectivity index (χ2v) is 8.18. The monoisotopic (exact) mass is 307 g/mol. The number of nitrogens with zero attached hydrogens (tertiary/aromatic N) is 1. The summed E-state index contributed by atoms with van der Waals surface area (Å²) in [6, 6.07) is 1.49. The van der Waals surface area contributed by atoms with Crippen LogP contribution < -0.4 is 10.5 Å². The third kappa shape index (κ3) is 3.86.